The fourth-order valence-electron chi connectivity index (χ4n) is 2.47. The van der Waals surface area contributed by atoms with Gasteiger partial charge in [-0.05, 0) is 64.1 Å². The fraction of sp³-hybridized carbons (Fsp3) is 0.350. The molecule has 0 spiro atoms. The molecule has 0 aliphatic carbocycles. The van der Waals surface area contributed by atoms with Gasteiger partial charge < -0.3 is 15.4 Å². The normalized spacial score (nSPS) is 10.5. The molecule has 3 amide bonds. The van der Waals surface area contributed by atoms with Gasteiger partial charge in [0.2, 0.25) is 5.91 Å². The van der Waals surface area contributed by atoms with Crippen LogP contribution >= 0.6 is 0 Å². The number of carbonyl (C=O) groups is 3. The van der Waals surface area contributed by atoms with Gasteiger partial charge in [0.05, 0.1) is 6.54 Å². The number of hydrogen-bond donors (Lipinski definition) is 3. The van der Waals surface area contributed by atoms with Gasteiger partial charge in [0.15, 0.2) is 6.61 Å². The fourth-order valence-corrected chi connectivity index (χ4v) is 2.47. The molecule has 2 aromatic rings. The minimum absolute atomic E-state index is 0.0155. The van der Waals surface area contributed by atoms with E-state index >= 15 is 0 Å². The Kier molecular flexibility index (Phi) is 7.20. The first-order chi connectivity index (χ1) is 13.3. The van der Waals surface area contributed by atoms with Crippen molar-refractivity contribution in [2.24, 2.45) is 0 Å². The van der Waals surface area contributed by atoms with Crippen molar-refractivity contribution in [2.45, 2.75) is 33.7 Å². The quantitative estimate of drug-likeness (QED) is 0.640. The smallest absolute Gasteiger partial charge is 0.270 e. The van der Waals surface area contributed by atoms with E-state index in [0.717, 1.165) is 11.4 Å². The van der Waals surface area contributed by atoms with Crippen molar-refractivity contribution in [2.75, 3.05) is 18.6 Å². The summed E-state index contributed by atoms with van der Waals surface area (Å²) in [5.74, 6) is -0.458. The second kappa shape index (κ2) is 9.59. The lowest BCUT2D eigenvalue weighted by atomic mass is 10.2. The number of benzene rings is 1. The molecule has 0 aliphatic heterocycles. The third-order valence-corrected chi connectivity index (χ3v) is 3.87. The number of ether oxygens (including phenoxy) is 1. The van der Waals surface area contributed by atoms with Crippen LogP contribution in [0.5, 0.6) is 5.75 Å². The molecule has 0 atom stereocenters. The molecule has 0 saturated heterocycles. The van der Waals surface area contributed by atoms with E-state index in [2.05, 4.69) is 16.1 Å². The van der Waals surface area contributed by atoms with Crippen LogP contribution in [0.1, 0.15) is 35.6 Å². The molecule has 2 rings (SSSR count). The zero-order valence-electron chi connectivity index (χ0n) is 16.5. The van der Waals surface area contributed by atoms with E-state index < -0.39 is 5.91 Å². The van der Waals surface area contributed by atoms with Gasteiger partial charge in [-0.1, -0.05) is 0 Å². The van der Waals surface area contributed by atoms with Crippen LogP contribution in [0.2, 0.25) is 0 Å². The lowest BCUT2D eigenvalue weighted by molar-refractivity contribution is -0.127. The second-order valence-electron chi connectivity index (χ2n) is 6.70. The van der Waals surface area contributed by atoms with E-state index in [4.69, 9.17) is 4.74 Å². The van der Waals surface area contributed by atoms with Crippen LogP contribution in [-0.2, 0) is 9.59 Å². The van der Waals surface area contributed by atoms with Crippen LogP contribution in [0, 0.1) is 13.8 Å². The Morgan fingerprint density at radius 1 is 0.964 bits per heavy atom. The van der Waals surface area contributed by atoms with Crippen molar-refractivity contribution in [3.8, 4) is 5.75 Å². The minimum Gasteiger partial charge on any atom is -0.484 e. The van der Waals surface area contributed by atoms with Gasteiger partial charge in [-0.2, -0.15) is 0 Å². The van der Waals surface area contributed by atoms with Crippen LogP contribution in [0.25, 0.3) is 0 Å². The summed E-state index contributed by atoms with van der Waals surface area (Å²) in [7, 11) is 0. The van der Waals surface area contributed by atoms with Crippen LogP contribution in [0.3, 0.4) is 0 Å². The summed E-state index contributed by atoms with van der Waals surface area (Å²) in [6.07, 6.45) is 0. The SMILES string of the molecule is Cc1ccc(C)n1NC(=O)c1ccc(OCC(=O)NCC(=O)NC(C)C)cc1. The van der Waals surface area contributed by atoms with Gasteiger partial charge in [-0.3, -0.25) is 24.5 Å². The van der Waals surface area contributed by atoms with Crippen molar-refractivity contribution < 1.29 is 19.1 Å². The molecule has 0 bridgehead atoms. The van der Waals surface area contributed by atoms with Crippen molar-refractivity contribution in [1.29, 1.82) is 0 Å². The predicted octanol–water partition coefficient (Wildman–Crippen LogP) is 1.51. The molecule has 150 valence electrons. The van der Waals surface area contributed by atoms with E-state index in [1.54, 1.807) is 28.9 Å². The molecule has 3 N–H and O–H groups in total. The predicted molar refractivity (Wildman–Crippen MR) is 106 cm³/mol. The Labute approximate surface area is 164 Å². The molecule has 8 heteroatoms. The lowest BCUT2D eigenvalue weighted by Gasteiger charge is -2.12. The first-order valence-electron chi connectivity index (χ1n) is 9.01. The largest absolute Gasteiger partial charge is 0.484 e. The maximum atomic E-state index is 12.3. The average molecular weight is 386 g/mol. The molecule has 0 radical (unpaired) electrons. The maximum Gasteiger partial charge on any atom is 0.270 e. The zero-order chi connectivity index (χ0) is 20.7. The van der Waals surface area contributed by atoms with Gasteiger partial charge in [0, 0.05) is 23.0 Å². The number of aryl methyl sites for hydroxylation is 2. The zero-order valence-corrected chi connectivity index (χ0v) is 16.5. The Morgan fingerprint density at radius 3 is 2.14 bits per heavy atom. The Bertz CT molecular complexity index is 821. The summed E-state index contributed by atoms with van der Waals surface area (Å²) in [5, 5.41) is 5.16. The van der Waals surface area contributed by atoms with E-state index in [9.17, 15) is 14.4 Å². The van der Waals surface area contributed by atoms with Gasteiger partial charge in [0.25, 0.3) is 11.8 Å². The molecule has 1 aromatic heterocycles. The van der Waals surface area contributed by atoms with E-state index in [1.165, 1.54) is 0 Å². The van der Waals surface area contributed by atoms with E-state index in [-0.39, 0.29) is 31.0 Å². The van der Waals surface area contributed by atoms with E-state index in [1.807, 2.05) is 39.8 Å². The van der Waals surface area contributed by atoms with Gasteiger partial charge in [-0.25, -0.2) is 0 Å². The first-order valence-corrected chi connectivity index (χ1v) is 9.01. The van der Waals surface area contributed by atoms with Crippen molar-refractivity contribution >= 4 is 17.7 Å². The van der Waals surface area contributed by atoms with Crippen molar-refractivity contribution in [3.63, 3.8) is 0 Å². The highest BCUT2D eigenvalue weighted by Gasteiger charge is 2.10. The summed E-state index contributed by atoms with van der Waals surface area (Å²) in [5.41, 5.74) is 5.15. The Hall–Kier alpha value is -3.29. The van der Waals surface area contributed by atoms with Crippen LogP contribution in [-0.4, -0.2) is 41.6 Å². The monoisotopic (exact) mass is 386 g/mol. The van der Waals surface area contributed by atoms with Crippen LogP contribution in [0.15, 0.2) is 36.4 Å². The number of aromatic nitrogens is 1. The third-order valence-electron chi connectivity index (χ3n) is 3.87. The molecule has 28 heavy (non-hydrogen) atoms. The second-order valence-corrected chi connectivity index (χ2v) is 6.70. The summed E-state index contributed by atoms with van der Waals surface area (Å²) in [6, 6.07) is 10.3. The topological polar surface area (TPSA) is 101 Å². The Morgan fingerprint density at radius 2 is 1.57 bits per heavy atom. The standard InChI is InChI=1S/C20H26N4O4/c1-13(2)22-18(25)11-21-19(26)12-28-17-9-7-16(8-10-17)20(27)23-24-14(3)5-6-15(24)4/h5-10,13H,11-12H2,1-4H3,(H,21,26)(H,22,25)(H,23,27). The summed E-state index contributed by atoms with van der Waals surface area (Å²) in [6.45, 7) is 7.17. The number of carbonyl (C=O) groups excluding carboxylic acids is 3. The highest BCUT2D eigenvalue weighted by Crippen LogP contribution is 2.13. The molecule has 0 unspecified atom stereocenters. The van der Waals surface area contributed by atoms with Gasteiger partial charge >= 0.3 is 0 Å². The molecule has 1 aromatic carbocycles. The van der Waals surface area contributed by atoms with Crippen LogP contribution in [0.4, 0.5) is 0 Å². The third kappa shape index (κ3) is 6.15. The molecule has 0 saturated carbocycles. The molecular weight excluding hydrogens is 360 g/mol. The number of hydrogen-bond acceptors (Lipinski definition) is 4. The molecule has 1 heterocycles. The van der Waals surface area contributed by atoms with E-state index in [0.29, 0.717) is 11.3 Å². The summed E-state index contributed by atoms with van der Waals surface area (Å²) >= 11 is 0. The molecule has 0 aliphatic rings. The number of nitrogens with zero attached hydrogens (tertiary/aromatic N) is 1. The maximum absolute atomic E-state index is 12.3. The number of rotatable bonds is 8. The minimum atomic E-state index is -0.403. The number of nitrogens with one attached hydrogen (secondary N) is 3. The highest BCUT2D eigenvalue weighted by atomic mass is 16.5. The van der Waals surface area contributed by atoms with Crippen molar-refractivity contribution in [1.82, 2.24) is 15.3 Å². The highest BCUT2D eigenvalue weighted by molar-refractivity contribution is 6.00. The number of amides is 3. The Balaban J connectivity index is 1.81. The average Bonchev–Trinajstić information content (AvgIpc) is 2.96. The van der Waals surface area contributed by atoms with Crippen molar-refractivity contribution in [3.05, 3.63) is 53.3 Å². The molecule has 8 nitrogen and oxygen atoms in total. The van der Waals surface area contributed by atoms with Gasteiger partial charge in [0.1, 0.15) is 5.75 Å². The summed E-state index contributed by atoms with van der Waals surface area (Å²) < 4.78 is 7.09. The first kappa shape index (κ1) is 21.0. The van der Waals surface area contributed by atoms with Crippen LogP contribution < -0.4 is 20.8 Å². The molecular formula is C20H26N4O4. The van der Waals surface area contributed by atoms with Gasteiger partial charge in [-0.15, -0.1) is 0 Å². The molecule has 0 fully saturated rings. The summed E-state index contributed by atoms with van der Waals surface area (Å²) in [4.78, 5) is 35.6. The lowest BCUT2D eigenvalue weighted by Crippen LogP contribution is -2.41.